The molecular formula is C19H18ClN3OS. The van der Waals surface area contributed by atoms with E-state index in [1.54, 1.807) is 18.3 Å². The molecule has 0 bridgehead atoms. The minimum atomic E-state index is 0.0557. The van der Waals surface area contributed by atoms with Crippen LogP contribution in [0.3, 0.4) is 0 Å². The standard InChI is InChI=1S/C19H18ClN3OS/c1-11-6-12(2)18(13(3)7-11)16-10-25-19(22-16)23-21-9-14-4-5-17(24)15(20)8-14/h4-10,24H,1-3H3,(H,22,23)/b21-9-. The van der Waals surface area contributed by atoms with Crippen LogP contribution in [0.15, 0.2) is 40.8 Å². The fourth-order valence-corrected chi connectivity index (χ4v) is 3.63. The first-order valence-corrected chi connectivity index (χ1v) is 9.01. The number of hydrazone groups is 1. The summed E-state index contributed by atoms with van der Waals surface area (Å²) >= 11 is 7.38. The van der Waals surface area contributed by atoms with E-state index in [9.17, 15) is 5.11 Å². The lowest BCUT2D eigenvalue weighted by molar-refractivity contribution is 0.475. The average Bonchev–Trinajstić information content (AvgIpc) is 2.98. The SMILES string of the molecule is Cc1cc(C)c(-c2csc(N/N=C\c3ccc(O)c(Cl)c3)n2)c(C)c1. The number of hydrogen-bond acceptors (Lipinski definition) is 5. The van der Waals surface area contributed by atoms with Gasteiger partial charge in [-0.15, -0.1) is 11.3 Å². The van der Waals surface area contributed by atoms with Crippen molar-refractivity contribution in [3.05, 3.63) is 63.0 Å². The number of aromatic nitrogens is 1. The molecule has 0 amide bonds. The maximum atomic E-state index is 9.42. The quantitative estimate of drug-likeness (QED) is 0.467. The number of hydrogen-bond donors (Lipinski definition) is 2. The Morgan fingerprint density at radius 1 is 1.16 bits per heavy atom. The first kappa shape index (κ1) is 17.5. The van der Waals surface area contributed by atoms with E-state index < -0.39 is 0 Å². The Balaban J connectivity index is 1.76. The Kier molecular flexibility index (Phi) is 5.06. The molecule has 3 rings (SSSR count). The number of benzene rings is 2. The Bertz CT molecular complexity index is 927. The van der Waals surface area contributed by atoms with Gasteiger partial charge in [-0.1, -0.05) is 29.3 Å². The lowest BCUT2D eigenvalue weighted by Crippen LogP contribution is -1.92. The van der Waals surface area contributed by atoms with Gasteiger partial charge in [0.05, 0.1) is 16.9 Å². The summed E-state index contributed by atoms with van der Waals surface area (Å²) in [6.07, 6.45) is 1.63. The van der Waals surface area contributed by atoms with Gasteiger partial charge in [0.25, 0.3) is 0 Å². The molecule has 2 aromatic carbocycles. The minimum absolute atomic E-state index is 0.0557. The number of rotatable bonds is 4. The zero-order valence-electron chi connectivity index (χ0n) is 14.2. The van der Waals surface area contributed by atoms with Gasteiger partial charge in [0.15, 0.2) is 0 Å². The molecule has 2 N–H and O–H groups in total. The number of aromatic hydroxyl groups is 1. The van der Waals surface area contributed by atoms with Crippen LogP contribution in [0.5, 0.6) is 5.75 Å². The van der Waals surface area contributed by atoms with Crippen molar-refractivity contribution in [1.82, 2.24) is 4.98 Å². The number of thiazole rings is 1. The first-order valence-electron chi connectivity index (χ1n) is 7.75. The predicted molar refractivity (Wildman–Crippen MR) is 106 cm³/mol. The molecule has 0 saturated heterocycles. The van der Waals surface area contributed by atoms with Gasteiger partial charge in [-0.25, -0.2) is 4.98 Å². The van der Waals surface area contributed by atoms with Crippen LogP contribution in [0.2, 0.25) is 5.02 Å². The van der Waals surface area contributed by atoms with Gasteiger partial charge in [0.2, 0.25) is 5.13 Å². The first-order chi connectivity index (χ1) is 11.9. The highest BCUT2D eigenvalue weighted by Gasteiger charge is 2.10. The monoisotopic (exact) mass is 371 g/mol. The topological polar surface area (TPSA) is 57.5 Å². The Hall–Kier alpha value is -2.37. The zero-order chi connectivity index (χ0) is 18.0. The van der Waals surface area contributed by atoms with E-state index >= 15 is 0 Å². The van der Waals surface area contributed by atoms with Crippen LogP contribution in [0, 0.1) is 20.8 Å². The van der Waals surface area contributed by atoms with Crippen molar-refractivity contribution in [1.29, 1.82) is 0 Å². The van der Waals surface area contributed by atoms with E-state index in [4.69, 9.17) is 11.6 Å². The molecule has 6 heteroatoms. The second-order valence-corrected chi connectivity index (χ2v) is 7.16. The van der Waals surface area contributed by atoms with E-state index in [0.717, 1.165) is 16.4 Å². The molecule has 0 aliphatic rings. The van der Waals surface area contributed by atoms with Crippen molar-refractivity contribution in [3.63, 3.8) is 0 Å². The van der Waals surface area contributed by atoms with Crippen molar-refractivity contribution in [2.75, 3.05) is 5.43 Å². The molecule has 25 heavy (non-hydrogen) atoms. The number of nitrogens with zero attached hydrogens (tertiary/aromatic N) is 2. The van der Waals surface area contributed by atoms with E-state index in [1.165, 1.54) is 39.7 Å². The summed E-state index contributed by atoms with van der Waals surface area (Å²) in [5.74, 6) is 0.0557. The molecule has 3 aromatic rings. The summed E-state index contributed by atoms with van der Waals surface area (Å²) in [5.41, 5.74) is 9.54. The third kappa shape index (κ3) is 4.00. The van der Waals surface area contributed by atoms with E-state index in [-0.39, 0.29) is 5.75 Å². The minimum Gasteiger partial charge on any atom is -0.506 e. The summed E-state index contributed by atoms with van der Waals surface area (Å²) in [5, 5.41) is 16.6. The highest BCUT2D eigenvalue weighted by atomic mass is 35.5. The van der Waals surface area contributed by atoms with Crippen molar-refractivity contribution >= 4 is 34.3 Å². The van der Waals surface area contributed by atoms with Gasteiger partial charge in [0, 0.05) is 10.9 Å². The summed E-state index contributed by atoms with van der Waals surface area (Å²) < 4.78 is 0. The maximum absolute atomic E-state index is 9.42. The summed E-state index contributed by atoms with van der Waals surface area (Å²) in [6.45, 7) is 6.31. The number of aryl methyl sites for hydroxylation is 3. The van der Waals surface area contributed by atoms with E-state index in [1.807, 2.05) is 5.38 Å². The number of nitrogens with one attached hydrogen (secondary N) is 1. The van der Waals surface area contributed by atoms with Gasteiger partial charge in [0.1, 0.15) is 5.75 Å². The number of phenols is 1. The molecule has 1 aromatic heterocycles. The molecule has 128 valence electrons. The van der Waals surface area contributed by atoms with Crippen molar-refractivity contribution < 1.29 is 5.11 Å². The van der Waals surface area contributed by atoms with Crippen LogP contribution >= 0.6 is 22.9 Å². The van der Waals surface area contributed by atoms with Crippen LogP contribution in [0.25, 0.3) is 11.3 Å². The molecule has 0 saturated carbocycles. The fourth-order valence-electron chi connectivity index (χ4n) is 2.79. The van der Waals surface area contributed by atoms with Crippen LogP contribution < -0.4 is 5.43 Å². The second-order valence-electron chi connectivity index (χ2n) is 5.89. The molecule has 0 aliphatic heterocycles. The molecule has 1 heterocycles. The van der Waals surface area contributed by atoms with E-state index in [2.05, 4.69) is 48.4 Å². The molecule has 0 unspecified atom stereocenters. The molecular weight excluding hydrogens is 354 g/mol. The number of phenolic OH excluding ortho intramolecular Hbond substituents is 1. The number of anilines is 1. The number of halogens is 1. The molecule has 4 nitrogen and oxygen atoms in total. The molecule has 0 atom stereocenters. The Morgan fingerprint density at radius 2 is 1.88 bits per heavy atom. The Morgan fingerprint density at radius 3 is 2.56 bits per heavy atom. The van der Waals surface area contributed by atoms with Gasteiger partial charge in [-0.2, -0.15) is 5.10 Å². The summed E-state index contributed by atoms with van der Waals surface area (Å²) in [7, 11) is 0. The third-order valence-electron chi connectivity index (χ3n) is 3.78. The normalized spacial score (nSPS) is 11.2. The lowest BCUT2D eigenvalue weighted by atomic mass is 9.98. The maximum Gasteiger partial charge on any atom is 0.203 e. The summed E-state index contributed by atoms with van der Waals surface area (Å²) in [4.78, 5) is 4.62. The molecule has 0 aliphatic carbocycles. The van der Waals surface area contributed by atoms with Gasteiger partial charge < -0.3 is 5.11 Å². The van der Waals surface area contributed by atoms with Crippen LogP contribution in [-0.2, 0) is 0 Å². The lowest BCUT2D eigenvalue weighted by Gasteiger charge is -2.08. The van der Waals surface area contributed by atoms with Crippen LogP contribution in [0.1, 0.15) is 22.3 Å². The highest BCUT2D eigenvalue weighted by Crippen LogP contribution is 2.31. The largest absolute Gasteiger partial charge is 0.506 e. The Labute approximate surface area is 155 Å². The summed E-state index contributed by atoms with van der Waals surface area (Å²) in [6, 6.07) is 9.25. The van der Waals surface area contributed by atoms with Crippen molar-refractivity contribution in [2.45, 2.75) is 20.8 Å². The van der Waals surface area contributed by atoms with E-state index in [0.29, 0.717) is 5.02 Å². The van der Waals surface area contributed by atoms with Crippen LogP contribution in [-0.4, -0.2) is 16.3 Å². The predicted octanol–water partition coefficient (Wildman–Crippen LogP) is 5.54. The smallest absolute Gasteiger partial charge is 0.203 e. The fraction of sp³-hybridized carbons (Fsp3) is 0.158. The second kappa shape index (κ2) is 7.25. The molecule has 0 fully saturated rings. The van der Waals surface area contributed by atoms with Gasteiger partial charge >= 0.3 is 0 Å². The van der Waals surface area contributed by atoms with Gasteiger partial charge in [-0.05, 0) is 55.7 Å². The molecule has 0 spiro atoms. The highest BCUT2D eigenvalue weighted by molar-refractivity contribution is 7.14. The van der Waals surface area contributed by atoms with Crippen molar-refractivity contribution in [2.24, 2.45) is 5.10 Å². The zero-order valence-corrected chi connectivity index (χ0v) is 15.7. The van der Waals surface area contributed by atoms with Crippen molar-refractivity contribution in [3.8, 4) is 17.0 Å². The average molecular weight is 372 g/mol. The third-order valence-corrected chi connectivity index (χ3v) is 4.83. The molecule has 0 radical (unpaired) electrons. The van der Waals surface area contributed by atoms with Gasteiger partial charge in [-0.3, -0.25) is 5.43 Å². The van der Waals surface area contributed by atoms with Crippen LogP contribution in [0.4, 0.5) is 5.13 Å².